The molecule has 0 bridgehead atoms. The Kier molecular flexibility index (Phi) is 4.83. The van der Waals surface area contributed by atoms with Gasteiger partial charge in [0.2, 0.25) is 0 Å². The highest BCUT2D eigenvalue weighted by atomic mass is 32.2. The average molecular weight is 307 g/mol. The van der Waals surface area contributed by atoms with E-state index in [1.54, 1.807) is 7.05 Å². The lowest BCUT2D eigenvalue weighted by Gasteiger charge is -2.14. The van der Waals surface area contributed by atoms with Gasteiger partial charge in [0, 0.05) is 12.6 Å². The summed E-state index contributed by atoms with van der Waals surface area (Å²) >= 11 is 6.45. The Labute approximate surface area is 129 Å². The largest absolute Gasteiger partial charge is 0.490 e. The molecule has 1 aromatic rings. The van der Waals surface area contributed by atoms with Crippen LogP contribution >= 0.6 is 24.0 Å². The molecule has 0 radical (unpaired) electrons. The van der Waals surface area contributed by atoms with Crippen molar-refractivity contribution in [2.75, 3.05) is 7.05 Å². The number of carbonyl (C=O) groups excluding carboxylic acids is 1. The van der Waals surface area contributed by atoms with Gasteiger partial charge in [0.05, 0.1) is 11.0 Å². The van der Waals surface area contributed by atoms with Gasteiger partial charge in [-0.25, -0.2) is 0 Å². The average Bonchev–Trinajstić information content (AvgIpc) is 2.68. The van der Waals surface area contributed by atoms with E-state index in [-0.39, 0.29) is 12.0 Å². The fraction of sp³-hybridized carbons (Fsp3) is 0.333. The quantitative estimate of drug-likeness (QED) is 0.627. The highest BCUT2D eigenvalue weighted by Crippen LogP contribution is 2.33. The second kappa shape index (κ2) is 6.41. The Balaban J connectivity index is 2.30. The number of hydrogen-bond donors (Lipinski definition) is 0. The highest BCUT2D eigenvalue weighted by Gasteiger charge is 2.28. The van der Waals surface area contributed by atoms with Crippen molar-refractivity contribution in [2.24, 2.45) is 0 Å². The lowest BCUT2D eigenvalue weighted by molar-refractivity contribution is -0.121. The highest BCUT2D eigenvalue weighted by molar-refractivity contribution is 8.26. The molecule has 1 aromatic carbocycles. The van der Waals surface area contributed by atoms with E-state index in [2.05, 4.69) is 6.92 Å². The summed E-state index contributed by atoms with van der Waals surface area (Å²) in [5.41, 5.74) is 0.904. The predicted molar refractivity (Wildman–Crippen MR) is 87.8 cm³/mol. The molecule has 106 valence electrons. The van der Waals surface area contributed by atoms with Crippen molar-refractivity contribution in [1.29, 1.82) is 0 Å². The van der Waals surface area contributed by atoms with Crippen molar-refractivity contribution in [2.45, 2.75) is 26.4 Å². The Morgan fingerprint density at radius 3 is 2.75 bits per heavy atom. The number of hydrogen-bond acceptors (Lipinski definition) is 4. The van der Waals surface area contributed by atoms with Crippen LogP contribution in [0.2, 0.25) is 0 Å². The molecule has 1 saturated heterocycles. The first kappa shape index (κ1) is 15.1. The maximum absolute atomic E-state index is 12.0. The maximum Gasteiger partial charge on any atom is 0.265 e. The minimum atomic E-state index is -0.0571. The van der Waals surface area contributed by atoms with Crippen molar-refractivity contribution in [3.05, 3.63) is 34.7 Å². The molecular formula is C15H17NO2S2. The third-order valence-electron chi connectivity index (χ3n) is 3.10. The number of para-hydroxylation sites is 1. The zero-order chi connectivity index (χ0) is 14.7. The van der Waals surface area contributed by atoms with E-state index in [0.29, 0.717) is 9.23 Å². The fourth-order valence-corrected chi connectivity index (χ4v) is 2.86. The fourth-order valence-electron chi connectivity index (χ4n) is 1.69. The summed E-state index contributed by atoms with van der Waals surface area (Å²) in [7, 11) is 1.69. The molecule has 0 spiro atoms. The van der Waals surface area contributed by atoms with Crippen LogP contribution in [-0.4, -0.2) is 28.3 Å². The van der Waals surface area contributed by atoms with E-state index in [1.165, 1.54) is 16.7 Å². The van der Waals surface area contributed by atoms with Crippen LogP contribution in [0.15, 0.2) is 29.2 Å². The second-order valence-electron chi connectivity index (χ2n) is 4.62. The molecule has 1 fully saturated rings. The Hall–Kier alpha value is -1.33. The van der Waals surface area contributed by atoms with E-state index in [4.69, 9.17) is 17.0 Å². The van der Waals surface area contributed by atoms with Crippen LogP contribution in [0.1, 0.15) is 25.8 Å². The number of likely N-dealkylation sites (N-methyl/N-ethyl adjacent to an activating group) is 1. The maximum atomic E-state index is 12.0. The third kappa shape index (κ3) is 3.22. The van der Waals surface area contributed by atoms with Crippen molar-refractivity contribution in [3.63, 3.8) is 0 Å². The summed E-state index contributed by atoms with van der Waals surface area (Å²) in [6.07, 6.45) is 2.93. The first-order valence-electron chi connectivity index (χ1n) is 6.50. The predicted octanol–water partition coefficient (Wildman–Crippen LogP) is 3.69. The van der Waals surface area contributed by atoms with E-state index >= 15 is 0 Å². The van der Waals surface area contributed by atoms with Gasteiger partial charge >= 0.3 is 0 Å². The van der Waals surface area contributed by atoms with E-state index in [9.17, 15) is 4.79 Å². The van der Waals surface area contributed by atoms with Gasteiger partial charge in [-0.15, -0.1) is 0 Å². The zero-order valence-corrected chi connectivity index (χ0v) is 13.4. The lowest BCUT2D eigenvalue weighted by Crippen LogP contribution is -2.22. The first-order chi connectivity index (χ1) is 9.52. The normalized spacial score (nSPS) is 18.8. The molecule has 1 aliphatic rings. The molecule has 1 amide bonds. The van der Waals surface area contributed by atoms with Crippen LogP contribution in [0.4, 0.5) is 0 Å². The molecule has 0 aromatic heterocycles. The number of rotatable bonds is 4. The van der Waals surface area contributed by atoms with E-state index in [1.807, 2.05) is 37.3 Å². The van der Waals surface area contributed by atoms with E-state index < -0.39 is 0 Å². The van der Waals surface area contributed by atoms with Gasteiger partial charge in [-0.1, -0.05) is 49.1 Å². The van der Waals surface area contributed by atoms with Gasteiger partial charge in [-0.05, 0) is 25.5 Å². The third-order valence-corrected chi connectivity index (χ3v) is 4.58. The molecule has 0 N–H and O–H groups in total. The lowest BCUT2D eigenvalue weighted by atomic mass is 10.1. The SMILES string of the molecule is CC[C@@H](C)Oc1ccccc1/C=C1\SC(=S)N(C)C1=O. The molecule has 0 aliphatic carbocycles. The topological polar surface area (TPSA) is 29.5 Å². The molecule has 2 rings (SSSR count). The molecule has 0 saturated carbocycles. The van der Waals surface area contributed by atoms with Crippen molar-refractivity contribution >= 4 is 40.3 Å². The van der Waals surface area contributed by atoms with Gasteiger partial charge in [-0.3, -0.25) is 9.69 Å². The van der Waals surface area contributed by atoms with Crippen LogP contribution in [-0.2, 0) is 4.79 Å². The van der Waals surface area contributed by atoms with Gasteiger partial charge in [0.25, 0.3) is 5.91 Å². The van der Waals surface area contributed by atoms with Crippen LogP contribution in [0, 0.1) is 0 Å². The van der Waals surface area contributed by atoms with Gasteiger partial charge in [0.15, 0.2) is 0 Å². The summed E-state index contributed by atoms with van der Waals surface area (Å²) in [6.45, 7) is 4.11. The number of thiocarbonyl (C=S) groups is 1. The molecule has 0 unspecified atom stereocenters. The van der Waals surface area contributed by atoms with Crippen LogP contribution in [0.5, 0.6) is 5.75 Å². The zero-order valence-electron chi connectivity index (χ0n) is 11.8. The summed E-state index contributed by atoms with van der Waals surface area (Å²) in [4.78, 5) is 14.1. The molecule has 5 heteroatoms. The Bertz CT molecular complexity index is 569. The summed E-state index contributed by atoms with van der Waals surface area (Å²) in [6, 6.07) is 7.73. The van der Waals surface area contributed by atoms with Gasteiger partial charge in [-0.2, -0.15) is 0 Å². The number of benzene rings is 1. The minimum absolute atomic E-state index is 0.0571. The Morgan fingerprint density at radius 1 is 1.45 bits per heavy atom. The smallest absolute Gasteiger partial charge is 0.265 e. The minimum Gasteiger partial charge on any atom is -0.490 e. The number of nitrogens with zero attached hydrogens (tertiary/aromatic N) is 1. The number of carbonyl (C=O) groups is 1. The van der Waals surface area contributed by atoms with Crippen LogP contribution < -0.4 is 4.74 Å². The summed E-state index contributed by atoms with van der Waals surface area (Å²) in [5, 5.41) is 0. The van der Waals surface area contributed by atoms with Crippen molar-refractivity contribution in [1.82, 2.24) is 4.90 Å². The summed E-state index contributed by atoms with van der Waals surface area (Å²) < 4.78 is 6.47. The molecule has 20 heavy (non-hydrogen) atoms. The first-order valence-corrected chi connectivity index (χ1v) is 7.72. The van der Waals surface area contributed by atoms with E-state index in [0.717, 1.165) is 17.7 Å². The van der Waals surface area contributed by atoms with Crippen molar-refractivity contribution < 1.29 is 9.53 Å². The molecule has 3 nitrogen and oxygen atoms in total. The number of amides is 1. The van der Waals surface area contributed by atoms with Gasteiger partial charge in [0.1, 0.15) is 10.1 Å². The molecule has 1 aliphatic heterocycles. The number of ether oxygens (including phenoxy) is 1. The Morgan fingerprint density at radius 2 is 2.15 bits per heavy atom. The van der Waals surface area contributed by atoms with Crippen LogP contribution in [0.25, 0.3) is 6.08 Å². The molecule has 1 heterocycles. The van der Waals surface area contributed by atoms with Gasteiger partial charge < -0.3 is 4.74 Å². The summed E-state index contributed by atoms with van der Waals surface area (Å²) in [5.74, 6) is 0.738. The molecule has 1 atom stereocenters. The standard InChI is InChI=1S/C15H17NO2S2/c1-4-10(2)18-12-8-6-5-7-11(12)9-13-14(17)16(3)15(19)20-13/h5-10H,4H2,1-3H3/b13-9-/t10-/m1/s1. The van der Waals surface area contributed by atoms with Crippen molar-refractivity contribution in [3.8, 4) is 5.75 Å². The van der Waals surface area contributed by atoms with Crippen LogP contribution in [0.3, 0.4) is 0 Å². The monoisotopic (exact) mass is 307 g/mol. The molecular weight excluding hydrogens is 290 g/mol. The second-order valence-corrected chi connectivity index (χ2v) is 6.29. The number of thioether (sulfide) groups is 1.